The van der Waals surface area contributed by atoms with Crippen LogP contribution in [-0.4, -0.2) is 17.7 Å². The van der Waals surface area contributed by atoms with Crippen LogP contribution in [0.25, 0.3) is 0 Å². The zero-order chi connectivity index (χ0) is 14.1. The minimum Gasteiger partial charge on any atom is -0.463 e. The van der Waals surface area contributed by atoms with Crippen LogP contribution >= 0.6 is 0 Å². The maximum absolute atomic E-state index is 11.1. The second-order valence-electron chi connectivity index (χ2n) is 4.21. The van der Waals surface area contributed by atoms with Crippen LogP contribution in [-0.2, 0) is 9.53 Å². The van der Waals surface area contributed by atoms with Crippen LogP contribution in [0.4, 0.5) is 0 Å². The van der Waals surface area contributed by atoms with Gasteiger partial charge in [0.1, 0.15) is 0 Å². The molecular formula is C16H20O3. The largest absolute Gasteiger partial charge is 0.463 e. The lowest BCUT2D eigenvalue weighted by Gasteiger charge is -2.15. The maximum Gasteiger partial charge on any atom is 0.330 e. The molecular weight excluding hydrogens is 240 g/mol. The van der Waals surface area contributed by atoms with Gasteiger partial charge < -0.3 is 9.84 Å². The van der Waals surface area contributed by atoms with Gasteiger partial charge in [0.2, 0.25) is 0 Å². The summed E-state index contributed by atoms with van der Waals surface area (Å²) in [5.74, 6) is -0.391. The molecule has 0 aliphatic carbocycles. The molecule has 0 aromatic heterocycles. The molecule has 0 aliphatic heterocycles. The number of aliphatic hydroxyl groups is 1. The molecule has 2 atom stereocenters. The van der Waals surface area contributed by atoms with Crippen molar-refractivity contribution in [3.63, 3.8) is 0 Å². The number of carbonyl (C=O) groups excluding carboxylic acids is 1. The van der Waals surface area contributed by atoms with Crippen LogP contribution in [0.2, 0.25) is 0 Å². The van der Waals surface area contributed by atoms with E-state index in [1.54, 1.807) is 19.1 Å². The molecule has 3 heteroatoms. The van der Waals surface area contributed by atoms with E-state index in [9.17, 15) is 9.90 Å². The van der Waals surface area contributed by atoms with E-state index < -0.39 is 6.10 Å². The van der Waals surface area contributed by atoms with Crippen molar-refractivity contribution in [3.05, 3.63) is 60.2 Å². The molecule has 19 heavy (non-hydrogen) atoms. The SMILES string of the molecule is CCOC(=O)/C=C\C=C/[C@@H](C)[C@@H](O)c1ccccc1. The molecule has 0 amide bonds. The van der Waals surface area contributed by atoms with Crippen LogP contribution in [0, 0.1) is 5.92 Å². The third kappa shape index (κ3) is 5.53. The highest BCUT2D eigenvalue weighted by Gasteiger charge is 2.12. The molecule has 1 N–H and O–H groups in total. The summed E-state index contributed by atoms with van der Waals surface area (Å²) in [5, 5.41) is 10.1. The van der Waals surface area contributed by atoms with Gasteiger partial charge in [0.15, 0.2) is 0 Å². The molecule has 1 rings (SSSR count). The maximum atomic E-state index is 11.1. The molecule has 102 valence electrons. The normalized spacial score (nSPS) is 14.7. The zero-order valence-corrected chi connectivity index (χ0v) is 11.3. The molecule has 0 aliphatic rings. The van der Waals surface area contributed by atoms with Crippen LogP contribution in [0.1, 0.15) is 25.5 Å². The van der Waals surface area contributed by atoms with E-state index in [1.165, 1.54) is 6.08 Å². The van der Waals surface area contributed by atoms with E-state index in [4.69, 9.17) is 4.74 Å². The first-order valence-corrected chi connectivity index (χ1v) is 6.39. The summed E-state index contributed by atoms with van der Waals surface area (Å²) >= 11 is 0. The Morgan fingerprint density at radius 3 is 2.63 bits per heavy atom. The highest BCUT2D eigenvalue weighted by Crippen LogP contribution is 2.22. The lowest BCUT2D eigenvalue weighted by atomic mass is 9.97. The molecule has 1 aromatic rings. The van der Waals surface area contributed by atoms with E-state index in [1.807, 2.05) is 43.3 Å². The predicted octanol–water partition coefficient (Wildman–Crippen LogP) is 3.03. The Labute approximate surface area is 114 Å². The van der Waals surface area contributed by atoms with Gasteiger partial charge in [-0.1, -0.05) is 55.5 Å². The van der Waals surface area contributed by atoms with Crippen LogP contribution in [0.5, 0.6) is 0 Å². The Morgan fingerprint density at radius 2 is 2.00 bits per heavy atom. The number of ether oxygens (including phenoxy) is 1. The number of benzene rings is 1. The fourth-order valence-electron chi connectivity index (χ4n) is 1.62. The highest BCUT2D eigenvalue weighted by atomic mass is 16.5. The topological polar surface area (TPSA) is 46.5 Å². The summed E-state index contributed by atoms with van der Waals surface area (Å²) in [5.41, 5.74) is 0.883. The molecule has 0 fully saturated rings. The van der Waals surface area contributed by atoms with Gasteiger partial charge in [-0.15, -0.1) is 0 Å². The van der Waals surface area contributed by atoms with Gasteiger partial charge in [-0.3, -0.25) is 0 Å². The standard InChI is InChI=1S/C16H20O3/c1-3-19-15(17)12-8-7-9-13(2)16(18)14-10-5-4-6-11-14/h4-13,16,18H,3H2,1-2H3/b9-7-,12-8-/t13-,16-/m1/s1. The molecule has 0 saturated heterocycles. The van der Waals surface area contributed by atoms with Crippen molar-refractivity contribution < 1.29 is 14.6 Å². The van der Waals surface area contributed by atoms with Crippen molar-refractivity contribution in [2.24, 2.45) is 5.92 Å². The van der Waals surface area contributed by atoms with Crippen molar-refractivity contribution in [2.45, 2.75) is 20.0 Å². The first-order valence-electron chi connectivity index (χ1n) is 6.39. The molecule has 0 bridgehead atoms. The smallest absolute Gasteiger partial charge is 0.330 e. The minimum atomic E-state index is -0.548. The van der Waals surface area contributed by atoms with Crippen molar-refractivity contribution in [1.29, 1.82) is 0 Å². The zero-order valence-electron chi connectivity index (χ0n) is 11.3. The summed E-state index contributed by atoms with van der Waals surface area (Å²) in [7, 11) is 0. The Kier molecular flexibility index (Phi) is 6.61. The fourth-order valence-corrected chi connectivity index (χ4v) is 1.62. The number of esters is 1. The van der Waals surface area contributed by atoms with Gasteiger partial charge in [-0.25, -0.2) is 4.79 Å². The molecule has 0 heterocycles. The van der Waals surface area contributed by atoms with Gasteiger partial charge in [-0.05, 0) is 12.5 Å². The predicted molar refractivity (Wildman–Crippen MR) is 75.5 cm³/mol. The van der Waals surface area contributed by atoms with Crippen molar-refractivity contribution in [2.75, 3.05) is 6.61 Å². The average molecular weight is 260 g/mol. The summed E-state index contributed by atoms with van der Waals surface area (Å²) in [6, 6.07) is 9.50. The monoisotopic (exact) mass is 260 g/mol. The number of allylic oxidation sites excluding steroid dienone is 2. The molecule has 3 nitrogen and oxygen atoms in total. The van der Waals surface area contributed by atoms with E-state index in [0.29, 0.717) is 6.61 Å². The summed E-state index contributed by atoms with van der Waals surface area (Å²) < 4.78 is 4.76. The first-order chi connectivity index (χ1) is 9.15. The summed E-state index contributed by atoms with van der Waals surface area (Å²) in [6.07, 6.45) is 6.03. The van der Waals surface area contributed by atoms with E-state index in [-0.39, 0.29) is 11.9 Å². The third-order valence-corrected chi connectivity index (χ3v) is 2.68. The summed E-state index contributed by atoms with van der Waals surface area (Å²) in [6.45, 7) is 4.06. The second-order valence-corrected chi connectivity index (χ2v) is 4.21. The highest BCUT2D eigenvalue weighted by molar-refractivity contribution is 5.82. The average Bonchev–Trinajstić information content (AvgIpc) is 2.44. The van der Waals surface area contributed by atoms with Gasteiger partial charge in [0.25, 0.3) is 0 Å². The molecule has 0 radical (unpaired) electrons. The van der Waals surface area contributed by atoms with Crippen LogP contribution < -0.4 is 0 Å². The van der Waals surface area contributed by atoms with Gasteiger partial charge in [-0.2, -0.15) is 0 Å². The lowest BCUT2D eigenvalue weighted by Crippen LogP contribution is -2.06. The summed E-state index contributed by atoms with van der Waals surface area (Å²) in [4.78, 5) is 11.1. The lowest BCUT2D eigenvalue weighted by molar-refractivity contribution is -0.137. The van der Waals surface area contributed by atoms with Crippen LogP contribution in [0.3, 0.4) is 0 Å². The van der Waals surface area contributed by atoms with Crippen molar-refractivity contribution >= 4 is 5.97 Å². The van der Waals surface area contributed by atoms with E-state index >= 15 is 0 Å². The second kappa shape index (κ2) is 8.27. The fraction of sp³-hybridized carbons (Fsp3) is 0.312. The molecule has 0 spiro atoms. The Bertz CT molecular complexity index is 435. The number of carbonyl (C=O) groups is 1. The van der Waals surface area contributed by atoms with Crippen molar-refractivity contribution in [3.8, 4) is 0 Å². The number of rotatable bonds is 6. The van der Waals surface area contributed by atoms with Gasteiger partial charge in [0, 0.05) is 12.0 Å². The van der Waals surface area contributed by atoms with Crippen molar-refractivity contribution in [1.82, 2.24) is 0 Å². The number of hydrogen-bond donors (Lipinski definition) is 1. The van der Waals surface area contributed by atoms with Crippen LogP contribution in [0.15, 0.2) is 54.6 Å². The molecule has 1 aromatic carbocycles. The van der Waals surface area contributed by atoms with Gasteiger partial charge in [0.05, 0.1) is 12.7 Å². The molecule has 0 saturated carbocycles. The Balaban J connectivity index is 2.50. The van der Waals surface area contributed by atoms with E-state index in [2.05, 4.69) is 0 Å². The quantitative estimate of drug-likeness (QED) is 0.486. The van der Waals surface area contributed by atoms with Gasteiger partial charge >= 0.3 is 5.97 Å². The number of hydrogen-bond acceptors (Lipinski definition) is 3. The first kappa shape index (κ1) is 15.2. The third-order valence-electron chi connectivity index (χ3n) is 2.68. The Morgan fingerprint density at radius 1 is 1.32 bits per heavy atom. The Hall–Kier alpha value is -1.87. The van der Waals surface area contributed by atoms with E-state index in [0.717, 1.165) is 5.56 Å². The minimum absolute atomic E-state index is 0.0331. The molecule has 0 unspecified atom stereocenters. The number of aliphatic hydroxyl groups excluding tert-OH is 1.